The fraction of sp³-hybridized carbons (Fsp3) is 0.933. The van der Waals surface area contributed by atoms with Crippen LogP contribution in [0.1, 0.15) is 60.8 Å². The first-order chi connectivity index (χ1) is 9.39. The molecule has 2 N–H and O–H groups in total. The molecule has 0 aromatic carbocycles. The van der Waals surface area contributed by atoms with E-state index >= 15 is 0 Å². The van der Waals surface area contributed by atoms with Crippen LogP contribution in [0.2, 0.25) is 0 Å². The van der Waals surface area contributed by atoms with Crippen LogP contribution in [0.4, 0.5) is 13.6 Å². The summed E-state index contributed by atoms with van der Waals surface area (Å²) in [6.07, 6.45) is -2.63. The van der Waals surface area contributed by atoms with E-state index in [4.69, 9.17) is 4.74 Å². The monoisotopic (exact) mass is 309 g/mol. The summed E-state index contributed by atoms with van der Waals surface area (Å²) in [5.74, 6) is -3.18. The molecule has 0 aromatic heterocycles. The normalized spacial score (nSPS) is 15.7. The van der Waals surface area contributed by atoms with E-state index < -0.39 is 36.2 Å². The second-order valence-corrected chi connectivity index (χ2v) is 6.84. The highest BCUT2D eigenvalue weighted by Gasteiger charge is 2.43. The van der Waals surface area contributed by atoms with Crippen molar-refractivity contribution in [3.05, 3.63) is 0 Å². The van der Waals surface area contributed by atoms with Crippen LogP contribution in [0.25, 0.3) is 0 Å². The molecular weight excluding hydrogens is 280 g/mol. The molecule has 0 aromatic rings. The zero-order valence-electron chi connectivity index (χ0n) is 13.9. The maximum atomic E-state index is 13.9. The van der Waals surface area contributed by atoms with Crippen LogP contribution < -0.4 is 5.32 Å². The first kappa shape index (κ1) is 20.1. The van der Waals surface area contributed by atoms with Crippen LogP contribution in [0.5, 0.6) is 0 Å². The van der Waals surface area contributed by atoms with Gasteiger partial charge < -0.3 is 15.2 Å². The Morgan fingerprint density at radius 1 is 1.29 bits per heavy atom. The van der Waals surface area contributed by atoms with E-state index in [0.717, 1.165) is 0 Å². The second-order valence-electron chi connectivity index (χ2n) is 6.84. The standard InChI is InChI=1S/C15H29F2NO3/c1-7-8-15(16,17)12(19)11(9-10(2)3)18-13(20)21-14(4,5)6/h10-12,19H,7-9H2,1-6H3,(H,18,20)/t11-,12+/m0/s1. The lowest BCUT2D eigenvalue weighted by Gasteiger charge is -2.32. The Morgan fingerprint density at radius 2 is 1.81 bits per heavy atom. The van der Waals surface area contributed by atoms with Gasteiger partial charge in [0.2, 0.25) is 0 Å². The molecule has 0 unspecified atom stereocenters. The molecule has 1 amide bonds. The van der Waals surface area contributed by atoms with Crippen LogP contribution in [-0.4, -0.2) is 34.9 Å². The van der Waals surface area contributed by atoms with E-state index in [1.54, 1.807) is 27.7 Å². The molecule has 0 saturated carbocycles. The first-order valence-corrected chi connectivity index (χ1v) is 7.44. The van der Waals surface area contributed by atoms with Gasteiger partial charge in [-0.3, -0.25) is 0 Å². The number of nitrogens with one attached hydrogen (secondary N) is 1. The van der Waals surface area contributed by atoms with E-state index in [2.05, 4.69) is 5.32 Å². The summed E-state index contributed by atoms with van der Waals surface area (Å²) in [5, 5.41) is 12.3. The van der Waals surface area contributed by atoms with Gasteiger partial charge in [-0.15, -0.1) is 0 Å². The summed E-state index contributed by atoms with van der Waals surface area (Å²) in [4.78, 5) is 11.8. The lowest BCUT2D eigenvalue weighted by atomic mass is 9.93. The molecule has 0 spiro atoms. The number of carbonyl (C=O) groups is 1. The van der Waals surface area contributed by atoms with E-state index in [-0.39, 0.29) is 18.8 Å². The summed E-state index contributed by atoms with van der Waals surface area (Å²) in [7, 11) is 0. The van der Waals surface area contributed by atoms with Crippen molar-refractivity contribution in [2.24, 2.45) is 5.92 Å². The zero-order valence-corrected chi connectivity index (χ0v) is 13.9. The van der Waals surface area contributed by atoms with Gasteiger partial charge in [-0.1, -0.05) is 27.2 Å². The van der Waals surface area contributed by atoms with Gasteiger partial charge in [0.15, 0.2) is 0 Å². The van der Waals surface area contributed by atoms with Crippen LogP contribution in [0.15, 0.2) is 0 Å². The second kappa shape index (κ2) is 7.92. The van der Waals surface area contributed by atoms with Crippen molar-refractivity contribution in [3.63, 3.8) is 0 Å². The van der Waals surface area contributed by atoms with Gasteiger partial charge in [0, 0.05) is 6.42 Å². The lowest BCUT2D eigenvalue weighted by Crippen LogP contribution is -2.52. The number of aliphatic hydroxyl groups is 1. The third-order valence-electron chi connectivity index (χ3n) is 2.82. The Hall–Kier alpha value is -0.910. The number of alkyl carbamates (subject to hydrolysis) is 1. The number of hydrogen-bond donors (Lipinski definition) is 2. The number of carbonyl (C=O) groups excluding carboxylic acids is 1. The minimum Gasteiger partial charge on any atom is -0.444 e. The number of rotatable bonds is 7. The summed E-state index contributed by atoms with van der Waals surface area (Å²) in [6.45, 7) is 10.4. The van der Waals surface area contributed by atoms with Crippen molar-refractivity contribution >= 4 is 6.09 Å². The van der Waals surface area contributed by atoms with Crippen LogP contribution in [0.3, 0.4) is 0 Å². The third-order valence-corrected chi connectivity index (χ3v) is 2.82. The van der Waals surface area contributed by atoms with Gasteiger partial charge in [-0.25, -0.2) is 13.6 Å². The molecule has 0 rings (SSSR count). The fourth-order valence-corrected chi connectivity index (χ4v) is 2.01. The Balaban J connectivity index is 4.91. The van der Waals surface area contributed by atoms with Crippen LogP contribution >= 0.6 is 0 Å². The number of amides is 1. The van der Waals surface area contributed by atoms with Crippen molar-refractivity contribution in [3.8, 4) is 0 Å². The van der Waals surface area contributed by atoms with Crippen LogP contribution in [-0.2, 0) is 4.74 Å². The molecule has 2 atom stereocenters. The Bertz CT molecular complexity index is 327. The highest BCUT2D eigenvalue weighted by atomic mass is 19.3. The van der Waals surface area contributed by atoms with Crippen molar-refractivity contribution in [2.45, 2.75) is 84.5 Å². The average Bonchev–Trinajstić information content (AvgIpc) is 2.23. The molecule has 0 aliphatic carbocycles. The van der Waals surface area contributed by atoms with Gasteiger partial charge in [-0.05, 0) is 33.1 Å². The first-order valence-electron chi connectivity index (χ1n) is 7.44. The maximum Gasteiger partial charge on any atom is 0.407 e. The van der Waals surface area contributed by atoms with Gasteiger partial charge in [0.05, 0.1) is 6.04 Å². The summed E-state index contributed by atoms with van der Waals surface area (Å²) >= 11 is 0. The van der Waals surface area contributed by atoms with Gasteiger partial charge >= 0.3 is 6.09 Å². The number of alkyl halides is 2. The molecule has 21 heavy (non-hydrogen) atoms. The Kier molecular flexibility index (Phi) is 7.57. The van der Waals surface area contributed by atoms with Crippen LogP contribution in [0, 0.1) is 5.92 Å². The van der Waals surface area contributed by atoms with Gasteiger partial charge in [0.1, 0.15) is 11.7 Å². The molecule has 126 valence electrons. The van der Waals surface area contributed by atoms with E-state index in [1.807, 2.05) is 13.8 Å². The molecule has 6 heteroatoms. The van der Waals surface area contributed by atoms with Crippen molar-refractivity contribution in [1.82, 2.24) is 5.32 Å². The van der Waals surface area contributed by atoms with E-state index in [1.165, 1.54) is 0 Å². The summed E-state index contributed by atoms with van der Waals surface area (Å²) in [6, 6.07) is -1.04. The average molecular weight is 309 g/mol. The highest BCUT2D eigenvalue weighted by molar-refractivity contribution is 5.68. The summed E-state index contributed by atoms with van der Waals surface area (Å²) < 4.78 is 32.8. The molecule has 0 heterocycles. The van der Waals surface area contributed by atoms with Crippen molar-refractivity contribution in [2.75, 3.05) is 0 Å². The number of aliphatic hydroxyl groups excluding tert-OH is 1. The number of ether oxygens (including phenoxy) is 1. The predicted molar refractivity (Wildman–Crippen MR) is 78.5 cm³/mol. The smallest absolute Gasteiger partial charge is 0.407 e. The van der Waals surface area contributed by atoms with Crippen molar-refractivity contribution in [1.29, 1.82) is 0 Å². The minimum absolute atomic E-state index is 0.0528. The maximum absolute atomic E-state index is 13.9. The summed E-state index contributed by atoms with van der Waals surface area (Å²) in [5.41, 5.74) is -0.719. The molecular formula is C15H29F2NO3. The number of hydrogen-bond acceptors (Lipinski definition) is 3. The molecule has 0 fully saturated rings. The minimum atomic E-state index is -3.23. The SMILES string of the molecule is CCCC(F)(F)[C@H](O)[C@H](CC(C)C)NC(=O)OC(C)(C)C. The fourth-order valence-electron chi connectivity index (χ4n) is 2.01. The largest absolute Gasteiger partial charge is 0.444 e. The highest BCUT2D eigenvalue weighted by Crippen LogP contribution is 2.28. The molecule has 0 bridgehead atoms. The van der Waals surface area contributed by atoms with Gasteiger partial charge in [-0.2, -0.15) is 0 Å². The number of halogens is 2. The lowest BCUT2D eigenvalue weighted by molar-refractivity contribution is -0.128. The molecule has 0 aliphatic heterocycles. The Morgan fingerprint density at radius 3 is 2.19 bits per heavy atom. The third kappa shape index (κ3) is 8.19. The van der Waals surface area contributed by atoms with Crippen molar-refractivity contribution < 1.29 is 23.4 Å². The molecule has 4 nitrogen and oxygen atoms in total. The zero-order chi connectivity index (χ0) is 16.8. The Labute approximate surface area is 126 Å². The predicted octanol–water partition coefficient (Wildman–Crippen LogP) is 3.72. The van der Waals surface area contributed by atoms with Gasteiger partial charge in [0.25, 0.3) is 5.92 Å². The molecule has 0 radical (unpaired) electrons. The quantitative estimate of drug-likeness (QED) is 0.753. The van der Waals surface area contributed by atoms with E-state index in [0.29, 0.717) is 0 Å². The van der Waals surface area contributed by atoms with E-state index in [9.17, 15) is 18.7 Å². The molecule has 0 saturated heterocycles. The molecule has 0 aliphatic rings. The topological polar surface area (TPSA) is 58.6 Å².